The lowest BCUT2D eigenvalue weighted by Crippen LogP contribution is -2.27. The second-order valence-electron chi connectivity index (χ2n) is 6.41. The van der Waals surface area contributed by atoms with Crippen molar-refractivity contribution in [3.8, 4) is 0 Å². The zero-order valence-electron chi connectivity index (χ0n) is 15.4. The van der Waals surface area contributed by atoms with Gasteiger partial charge in [0.25, 0.3) is 0 Å². The fraction of sp³-hybridized carbons (Fsp3) is 0.412. The topological polar surface area (TPSA) is 95.3 Å². The van der Waals surface area contributed by atoms with Crippen LogP contribution in [0.1, 0.15) is 43.9 Å². The summed E-state index contributed by atoms with van der Waals surface area (Å²) in [7, 11) is 0. The Hall–Kier alpha value is -2.55. The molecule has 0 atom stereocenters. The Kier molecular flexibility index (Phi) is 5.91. The lowest BCUT2D eigenvalue weighted by Gasteiger charge is -2.20. The van der Waals surface area contributed by atoms with Crippen molar-refractivity contribution in [3.63, 3.8) is 0 Å². The first kappa shape index (κ1) is 19.8. The van der Waals surface area contributed by atoms with Gasteiger partial charge in [0, 0.05) is 6.20 Å². The Balaban J connectivity index is 2.40. The molecule has 0 radical (unpaired) electrons. The number of hydrogen-bond donors (Lipinski definition) is 2. The highest BCUT2D eigenvalue weighted by Crippen LogP contribution is 2.25. The minimum Gasteiger partial charge on any atom is -0.462 e. The van der Waals surface area contributed by atoms with E-state index < -0.39 is 17.7 Å². The summed E-state index contributed by atoms with van der Waals surface area (Å²) in [5.74, 6) is 0.399. The third-order valence-corrected chi connectivity index (χ3v) is 3.39. The van der Waals surface area contributed by atoms with Gasteiger partial charge in [-0.1, -0.05) is 0 Å². The van der Waals surface area contributed by atoms with Crippen LogP contribution in [0.15, 0.2) is 23.4 Å². The minimum absolute atomic E-state index is 0.0951. The van der Waals surface area contributed by atoms with Crippen molar-refractivity contribution in [2.75, 3.05) is 11.9 Å². The summed E-state index contributed by atoms with van der Waals surface area (Å²) in [5.41, 5.74) is -0.545. The Labute approximate surface area is 157 Å². The van der Waals surface area contributed by atoms with Crippen LogP contribution in [0.25, 0.3) is 0 Å². The third-order valence-electron chi connectivity index (χ3n) is 3.07. The second-order valence-corrected chi connectivity index (χ2v) is 6.83. The summed E-state index contributed by atoms with van der Waals surface area (Å²) >= 11 is 4.25. The van der Waals surface area contributed by atoms with E-state index in [0.29, 0.717) is 11.6 Å². The molecule has 9 heteroatoms. The van der Waals surface area contributed by atoms with Gasteiger partial charge in [-0.25, -0.2) is 24.1 Å². The van der Waals surface area contributed by atoms with Crippen molar-refractivity contribution in [2.45, 2.75) is 45.2 Å². The monoisotopic (exact) mass is 378 g/mol. The molecule has 2 heterocycles. The van der Waals surface area contributed by atoms with E-state index in [9.17, 15) is 9.59 Å². The van der Waals surface area contributed by atoms with Crippen LogP contribution in [0, 0.1) is 6.92 Å². The zero-order chi connectivity index (χ0) is 19.5. The summed E-state index contributed by atoms with van der Waals surface area (Å²) in [5, 5.41) is 3.16. The lowest BCUT2D eigenvalue weighted by molar-refractivity contribution is 0.0518. The van der Waals surface area contributed by atoms with E-state index in [1.807, 2.05) is 0 Å². The van der Waals surface area contributed by atoms with Crippen molar-refractivity contribution >= 4 is 36.3 Å². The van der Waals surface area contributed by atoms with Crippen LogP contribution in [0.5, 0.6) is 0 Å². The maximum atomic E-state index is 12.3. The average molecular weight is 378 g/mol. The average Bonchev–Trinajstić information content (AvgIpc) is 2.93. The number of carbonyl (C=O) groups excluding carboxylic acids is 2. The van der Waals surface area contributed by atoms with Crippen LogP contribution in [0.3, 0.4) is 0 Å². The summed E-state index contributed by atoms with van der Waals surface area (Å²) in [6.45, 7) is 8.91. The second kappa shape index (κ2) is 7.77. The number of rotatable bonds is 4. The van der Waals surface area contributed by atoms with E-state index in [-0.39, 0.29) is 23.0 Å². The first-order valence-corrected chi connectivity index (χ1v) is 8.49. The van der Waals surface area contributed by atoms with E-state index in [1.54, 1.807) is 52.9 Å². The molecule has 2 aromatic rings. The van der Waals surface area contributed by atoms with E-state index in [1.165, 1.54) is 4.57 Å². The third kappa shape index (κ3) is 4.75. The summed E-state index contributed by atoms with van der Waals surface area (Å²) < 4.78 is 11.7. The number of carbonyl (C=O) groups is 2. The molecule has 140 valence electrons. The number of hydrogen-bond acceptors (Lipinski definition) is 8. The molecule has 0 fully saturated rings. The first-order valence-electron chi connectivity index (χ1n) is 8.05. The first-order chi connectivity index (χ1) is 12.1. The largest absolute Gasteiger partial charge is 0.462 e. The maximum absolute atomic E-state index is 12.3. The Morgan fingerprint density at radius 2 is 2.00 bits per heavy atom. The van der Waals surface area contributed by atoms with Crippen LogP contribution >= 0.6 is 12.6 Å². The van der Waals surface area contributed by atoms with Crippen LogP contribution in [0.4, 0.5) is 16.4 Å². The molecule has 0 saturated heterocycles. The molecule has 1 N–H and O–H groups in total. The van der Waals surface area contributed by atoms with Gasteiger partial charge < -0.3 is 14.8 Å². The molecular weight excluding hydrogens is 356 g/mol. The number of aromatic nitrogens is 3. The molecule has 0 spiro atoms. The Bertz CT molecular complexity index is 827. The number of thiol groups is 1. The van der Waals surface area contributed by atoms with Gasteiger partial charge >= 0.3 is 12.1 Å². The van der Waals surface area contributed by atoms with Gasteiger partial charge in [0.1, 0.15) is 27.8 Å². The van der Waals surface area contributed by atoms with Crippen molar-refractivity contribution < 1.29 is 19.1 Å². The number of anilines is 2. The van der Waals surface area contributed by atoms with E-state index in [2.05, 4.69) is 27.9 Å². The van der Waals surface area contributed by atoms with Crippen molar-refractivity contribution in [1.82, 2.24) is 14.5 Å². The molecule has 8 nitrogen and oxygen atoms in total. The van der Waals surface area contributed by atoms with Gasteiger partial charge in [-0.2, -0.15) is 0 Å². The van der Waals surface area contributed by atoms with Gasteiger partial charge in [-0.3, -0.25) is 0 Å². The summed E-state index contributed by atoms with van der Waals surface area (Å²) in [6.07, 6.45) is 0.996. The fourth-order valence-corrected chi connectivity index (χ4v) is 2.46. The number of aryl methyl sites for hydroxylation is 1. The molecule has 2 aromatic heterocycles. The molecule has 2 rings (SSSR count). The van der Waals surface area contributed by atoms with Gasteiger partial charge in [-0.05, 0) is 46.8 Å². The van der Waals surface area contributed by atoms with Crippen LogP contribution in [-0.2, 0) is 9.47 Å². The zero-order valence-corrected chi connectivity index (χ0v) is 16.3. The van der Waals surface area contributed by atoms with Gasteiger partial charge in [0.05, 0.1) is 6.61 Å². The number of nitrogens with zero attached hydrogens (tertiary/aromatic N) is 3. The molecule has 0 aliphatic rings. The minimum atomic E-state index is -0.640. The van der Waals surface area contributed by atoms with E-state index in [4.69, 9.17) is 9.47 Å². The molecule has 0 amide bonds. The highest BCUT2D eigenvalue weighted by Gasteiger charge is 2.23. The van der Waals surface area contributed by atoms with Crippen LogP contribution in [-0.4, -0.2) is 38.8 Å². The molecule has 0 saturated carbocycles. The predicted molar refractivity (Wildman–Crippen MR) is 99.3 cm³/mol. The van der Waals surface area contributed by atoms with Gasteiger partial charge in [0.15, 0.2) is 5.82 Å². The molecule has 0 unspecified atom stereocenters. The van der Waals surface area contributed by atoms with Gasteiger partial charge in [0.2, 0.25) is 0 Å². The van der Waals surface area contributed by atoms with E-state index in [0.717, 1.165) is 0 Å². The highest BCUT2D eigenvalue weighted by atomic mass is 32.1. The van der Waals surface area contributed by atoms with Crippen LogP contribution in [0.2, 0.25) is 0 Å². The van der Waals surface area contributed by atoms with Crippen molar-refractivity contribution in [1.29, 1.82) is 0 Å². The molecule has 0 aromatic carbocycles. The molecule has 0 aliphatic carbocycles. The SMILES string of the molecule is CCOC(=O)c1c(S)nc(C)nc1Nc1cccn1C(=O)OC(C)(C)C. The predicted octanol–water partition coefficient (Wildman–Crippen LogP) is 3.58. The van der Waals surface area contributed by atoms with Gasteiger partial charge in [-0.15, -0.1) is 12.6 Å². The standard InChI is InChI=1S/C17H22N4O4S/c1-6-24-15(22)12-13(18-10(2)19-14(12)26)20-11-8-7-9-21(11)16(23)25-17(3,4)5/h7-9H,6H2,1-5H3,(H2,18,19,20,26). The normalized spacial score (nSPS) is 11.2. The maximum Gasteiger partial charge on any atom is 0.420 e. The van der Waals surface area contributed by atoms with Crippen molar-refractivity contribution in [3.05, 3.63) is 29.7 Å². The lowest BCUT2D eigenvalue weighted by atomic mass is 10.2. The summed E-state index contributed by atoms with van der Waals surface area (Å²) in [4.78, 5) is 32.9. The molecule has 26 heavy (non-hydrogen) atoms. The quantitative estimate of drug-likeness (QED) is 0.477. The number of nitrogens with one attached hydrogen (secondary N) is 1. The fourth-order valence-electron chi connectivity index (χ4n) is 2.11. The Morgan fingerprint density at radius 3 is 2.62 bits per heavy atom. The molecule has 0 aliphatic heterocycles. The van der Waals surface area contributed by atoms with E-state index >= 15 is 0 Å². The summed E-state index contributed by atoms with van der Waals surface area (Å²) in [6, 6.07) is 3.33. The van der Waals surface area contributed by atoms with Crippen LogP contribution < -0.4 is 5.32 Å². The number of ether oxygens (including phenoxy) is 2. The smallest absolute Gasteiger partial charge is 0.420 e. The number of esters is 1. The molecular formula is C17H22N4O4S. The van der Waals surface area contributed by atoms with Crippen molar-refractivity contribution in [2.24, 2.45) is 0 Å². The Morgan fingerprint density at radius 1 is 1.31 bits per heavy atom. The highest BCUT2D eigenvalue weighted by molar-refractivity contribution is 7.80. The molecule has 0 bridgehead atoms.